The molecule has 0 bridgehead atoms. The summed E-state index contributed by atoms with van der Waals surface area (Å²) in [7, 11) is -3.40. The van der Waals surface area contributed by atoms with Crippen LogP contribution in [0.4, 0.5) is 0 Å². The Balaban J connectivity index is 2.24. The van der Waals surface area contributed by atoms with Crippen molar-refractivity contribution in [1.82, 2.24) is 5.32 Å². The van der Waals surface area contributed by atoms with Gasteiger partial charge in [0, 0.05) is 5.56 Å². The number of rotatable bonds is 8. The Labute approximate surface area is 144 Å². The van der Waals surface area contributed by atoms with E-state index in [1.807, 2.05) is 18.2 Å². The van der Waals surface area contributed by atoms with Crippen molar-refractivity contribution in [3.8, 4) is 0 Å². The van der Waals surface area contributed by atoms with Gasteiger partial charge >= 0.3 is 7.60 Å². The highest BCUT2D eigenvalue weighted by Gasteiger charge is 2.42. The van der Waals surface area contributed by atoms with E-state index in [0.717, 1.165) is 25.7 Å². The molecular formula is C18H28NO4P. The molecule has 0 aliphatic heterocycles. The molecule has 24 heavy (non-hydrogen) atoms. The molecule has 0 saturated heterocycles. The minimum absolute atomic E-state index is 0.121. The second-order valence-electron chi connectivity index (χ2n) is 6.06. The van der Waals surface area contributed by atoms with E-state index >= 15 is 0 Å². The summed E-state index contributed by atoms with van der Waals surface area (Å²) >= 11 is 0. The lowest BCUT2D eigenvalue weighted by molar-refractivity contribution is 0.0915. The smallest absolute Gasteiger partial charge is 0.338 e. The Morgan fingerprint density at radius 2 is 1.71 bits per heavy atom. The van der Waals surface area contributed by atoms with Gasteiger partial charge < -0.3 is 14.4 Å². The molecule has 1 fully saturated rings. The first-order chi connectivity index (χ1) is 11.6. The van der Waals surface area contributed by atoms with E-state index in [2.05, 4.69) is 5.32 Å². The molecule has 0 aromatic heterocycles. The Hall–Kier alpha value is -1.16. The summed E-state index contributed by atoms with van der Waals surface area (Å²) in [5.74, 6) is -0.702. The molecule has 2 rings (SSSR count). The number of carbonyl (C=O) groups is 1. The van der Waals surface area contributed by atoms with Gasteiger partial charge in [0.15, 0.2) is 0 Å². The van der Waals surface area contributed by atoms with Gasteiger partial charge in [-0.05, 0) is 44.7 Å². The number of benzene rings is 1. The lowest BCUT2D eigenvalue weighted by atomic mass is 9.89. The summed E-state index contributed by atoms with van der Waals surface area (Å²) in [5, 5.41) is 2.96. The summed E-state index contributed by atoms with van der Waals surface area (Å²) in [5.41, 5.74) is 0.554. The van der Waals surface area contributed by atoms with E-state index in [9.17, 15) is 9.36 Å². The lowest BCUT2D eigenvalue weighted by Gasteiger charge is -2.35. The van der Waals surface area contributed by atoms with Gasteiger partial charge in [-0.1, -0.05) is 37.5 Å². The zero-order chi connectivity index (χ0) is 17.4. The fourth-order valence-electron chi connectivity index (χ4n) is 3.27. The number of carbonyl (C=O) groups excluding carboxylic acids is 1. The maximum absolute atomic E-state index is 13.3. The Kier molecular flexibility index (Phi) is 7.47. The monoisotopic (exact) mass is 353 g/mol. The van der Waals surface area contributed by atoms with Crippen LogP contribution in [0.25, 0.3) is 0 Å². The van der Waals surface area contributed by atoms with Crippen LogP contribution in [0.2, 0.25) is 0 Å². The largest absolute Gasteiger partial charge is 0.353 e. The predicted molar refractivity (Wildman–Crippen MR) is 95.1 cm³/mol. The first-order valence-electron chi connectivity index (χ1n) is 8.85. The fraction of sp³-hybridized carbons (Fsp3) is 0.611. The normalized spacial score (nSPS) is 17.4. The summed E-state index contributed by atoms with van der Waals surface area (Å²) in [6, 6.07) is 8.99. The third-order valence-electron chi connectivity index (χ3n) is 4.37. The van der Waals surface area contributed by atoms with Crippen molar-refractivity contribution < 1.29 is 18.4 Å². The standard InChI is InChI=1S/C18H28NO4P/c1-3-22-24(21,23-4-2)18(16-13-9-6-10-14-16)19-17(20)15-11-7-5-8-12-15/h5,7-8,11-12,16,18H,3-4,6,9-10,13-14H2,1-2H3,(H,19,20)/t18-/m1/s1. The number of amides is 1. The minimum atomic E-state index is -3.40. The Morgan fingerprint density at radius 3 is 2.25 bits per heavy atom. The van der Waals surface area contributed by atoms with Gasteiger partial charge in [-0.15, -0.1) is 0 Å². The number of nitrogens with one attached hydrogen (secondary N) is 1. The predicted octanol–water partition coefficient (Wildman–Crippen LogP) is 4.59. The van der Waals surface area contributed by atoms with E-state index in [1.54, 1.807) is 26.0 Å². The summed E-state index contributed by atoms with van der Waals surface area (Å²) in [6.07, 6.45) is 5.22. The highest BCUT2D eigenvalue weighted by Crippen LogP contribution is 2.56. The van der Waals surface area contributed by atoms with Crippen LogP contribution in [0.5, 0.6) is 0 Å². The third-order valence-corrected chi connectivity index (χ3v) is 6.84. The van der Waals surface area contributed by atoms with Gasteiger partial charge in [-0.25, -0.2) is 0 Å². The van der Waals surface area contributed by atoms with E-state index in [-0.39, 0.29) is 11.8 Å². The molecule has 1 aromatic carbocycles. The van der Waals surface area contributed by atoms with Gasteiger partial charge in [-0.3, -0.25) is 9.36 Å². The molecule has 1 aromatic rings. The summed E-state index contributed by atoms with van der Waals surface area (Å²) < 4.78 is 24.4. The van der Waals surface area contributed by atoms with Crippen LogP contribution < -0.4 is 5.32 Å². The second-order valence-corrected chi connectivity index (χ2v) is 8.21. The van der Waals surface area contributed by atoms with Crippen molar-refractivity contribution >= 4 is 13.5 Å². The molecule has 0 heterocycles. The van der Waals surface area contributed by atoms with E-state index in [1.165, 1.54) is 6.42 Å². The van der Waals surface area contributed by atoms with Crippen molar-refractivity contribution in [1.29, 1.82) is 0 Å². The van der Waals surface area contributed by atoms with Crippen LogP contribution >= 0.6 is 7.60 Å². The first-order valence-corrected chi connectivity index (χ1v) is 10.5. The molecule has 1 saturated carbocycles. The quantitative estimate of drug-likeness (QED) is 0.694. The molecule has 0 spiro atoms. The van der Waals surface area contributed by atoms with Crippen LogP contribution in [-0.2, 0) is 13.6 Å². The van der Waals surface area contributed by atoms with Crippen molar-refractivity contribution in [2.75, 3.05) is 13.2 Å². The van der Waals surface area contributed by atoms with Crippen LogP contribution in [0.1, 0.15) is 56.3 Å². The molecule has 134 valence electrons. The zero-order valence-electron chi connectivity index (χ0n) is 14.6. The van der Waals surface area contributed by atoms with Gasteiger partial charge in [-0.2, -0.15) is 0 Å². The van der Waals surface area contributed by atoms with Gasteiger partial charge in [0.1, 0.15) is 5.78 Å². The van der Waals surface area contributed by atoms with Crippen LogP contribution in [0.15, 0.2) is 30.3 Å². The number of hydrogen-bond acceptors (Lipinski definition) is 4. The molecule has 0 unspecified atom stereocenters. The lowest BCUT2D eigenvalue weighted by Crippen LogP contribution is -2.42. The molecule has 1 aliphatic carbocycles. The maximum atomic E-state index is 13.3. The first kappa shape index (κ1) is 19.2. The van der Waals surface area contributed by atoms with Crippen LogP contribution in [0, 0.1) is 5.92 Å². The zero-order valence-corrected chi connectivity index (χ0v) is 15.5. The fourth-order valence-corrected chi connectivity index (χ4v) is 5.48. The molecule has 1 atom stereocenters. The van der Waals surface area contributed by atoms with Gasteiger partial charge in [0.2, 0.25) is 0 Å². The van der Waals surface area contributed by atoms with Crippen molar-refractivity contribution in [2.45, 2.75) is 51.7 Å². The van der Waals surface area contributed by atoms with E-state index in [4.69, 9.17) is 9.05 Å². The average Bonchev–Trinajstić information content (AvgIpc) is 2.61. The number of hydrogen-bond donors (Lipinski definition) is 1. The maximum Gasteiger partial charge on any atom is 0.353 e. The summed E-state index contributed by atoms with van der Waals surface area (Å²) in [6.45, 7) is 4.18. The summed E-state index contributed by atoms with van der Waals surface area (Å²) in [4.78, 5) is 12.6. The van der Waals surface area contributed by atoms with Crippen LogP contribution in [-0.4, -0.2) is 24.9 Å². The topological polar surface area (TPSA) is 64.6 Å². The SMILES string of the molecule is CCOP(=O)(OCC)[C@@H](NC(=O)c1ccccc1)C1CCCCC1. The van der Waals surface area contributed by atoms with Crippen molar-refractivity contribution in [3.63, 3.8) is 0 Å². The van der Waals surface area contributed by atoms with E-state index in [0.29, 0.717) is 18.8 Å². The highest BCUT2D eigenvalue weighted by molar-refractivity contribution is 7.54. The minimum Gasteiger partial charge on any atom is -0.338 e. The van der Waals surface area contributed by atoms with Gasteiger partial charge in [0.05, 0.1) is 13.2 Å². The third kappa shape index (κ3) is 4.92. The molecule has 1 amide bonds. The van der Waals surface area contributed by atoms with Crippen molar-refractivity contribution in [2.24, 2.45) is 5.92 Å². The molecule has 0 radical (unpaired) electrons. The highest BCUT2D eigenvalue weighted by atomic mass is 31.2. The molecule has 6 heteroatoms. The van der Waals surface area contributed by atoms with E-state index < -0.39 is 13.4 Å². The molecule has 5 nitrogen and oxygen atoms in total. The van der Waals surface area contributed by atoms with Crippen molar-refractivity contribution in [3.05, 3.63) is 35.9 Å². The molecule has 1 aliphatic rings. The van der Waals surface area contributed by atoms with Crippen LogP contribution in [0.3, 0.4) is 0 Å². The Morgan fingerprint density at radius 1 is 1.12 bits per heavy atom. The molecule has 1 N–H and O–H groups in total. The average molecular weight is 353 g/mol. The Bertz CT molecular complexity index is 547. The van der Waals surface area contributed by atoms with Gasteiger partial charge in [0.25, 0.3) is 5.91 Å². The second kappa shape index (κ2) is 9.36. The molecular weight excluding hydrogens is 325 g/mol.